The van der Waals surface area contributed by atoms with Crippen LogP contribution in [-0.4, -0.2) is 19.4 Å². The van der Waals surface area contributed by atoms with Crippen LogP contribution in [0, 0.1) is 0 Å². The fourth-order valence-electron chi connectivity index (χ4n) is 5.87. The lowest BCUT2D eigenvalue weighted by Gasteiger charge is -2.42. The van der Waals surface area contributed by atoms with Gasteiger partial charge in [-0.15, -0.1) is 4.58 Å². The van der Waals surface area contributed by atoms with Crippen LogP contribution in [0.5, 0.6) is 0 Å². The van der Waals surface area contributed by atoms with Crippen LogP contribution in [0.2, 0.25) is 0 Å². The summed E-state index contributed by atoms with van der Waals surface area (Å²) in [5.74, 6) is -0.287. The smallest absolute Gasteiger partial charge is 0.257 e. The van der Waals surface area contributed by atoms with E-state index in [0.717, 1.165) is 12.8 Å². The number of hydrogen-bond donors (Lipinski definition) is 0. The second-order valence-corrected chi connectivity index (χ2v) is 7.67. The summed E-state index contributed by atoms with van der Waals surface area (Å²) in [6.07, 6.45) is 16.3. The standard InChI is InChI=1S/C22H14N3/c1-2-14-10-16-4-6-18-12-20-8-7-19-11-17-5-3-15-9-13(1)21(14)22(23(15)17,24(16)18)25(19)20/h1,3-7,9-12H,2,8H2/q+1. The van der Waals surface area contributed by atoms with Crippen molar-refractivity contribution in [3.05, 3.63) is 80.2 Å². The molecule has 7 heterocycles. The van der Waals surface area contributed by atoms with Crippen LogP contribution in [0.1, 0.15) is 12.8 Å². The first-order valence-corrected chi connectivity index (χ1v) is 8.99. The quantitative estimate of drug-likeness (QED) is 0.606. The Morgan fingerprint density at radius 3 is 2.32 bits per heavy atom. The van der Waals surface area contributed by atoms with E-state index in [-0.39, 0.29) is 5.79 Å². The maximum Gasteiger partial charge on any atom is 0.363 e. The third-order valence-electron chi connectivity index (χ3n) is 6.61. The number of aromatic nitrogens is 2. The van der Waals surface area contributed by atoms with Gasteiger partial charge in [0.05, 0.1) is 33.4 Å². The van der Waals surface area contributed by atoms with Crippen molar-refractivity contribution in [2.24, 2.45) is 0 Å². The first kappa shape index (κ1) is 11.5. The van der Waals surface area contributed by atoms with Gasteiger partial charge < -0.3 is 0 Å². The Balaban J connectivity index is 1.81. The molecule has 25 heavy (non-hydrogen) atoms. The van der Waals surface area contributed by atoms with Crippen molar-refractivity contribution in [2.75, 3.05) is 0 Å². The normalized spacial score (nSPS) is 27.7. The van der Waals surface area contributed by atoms with Crippen LogP contribution in [0.15, 0.2) is 58.8 Å². The number of allylic oxidation sites excluding steroid dienone is 4. The second-order valence-electron chi connectivity index (χ2n) is 7.67. The highest BCUT2D eigenvalue weighted by Crippen LogP contribution is 2.47. The molecule has 0 aromatic carbocycles. The maximum absolute atomic E-state index is 2.59. The number of nitrogens with zero attached hydrogens (tertiary/aromatic N) is 3. The van der Waals surface area contributed by atoms with Gasteiger partial charge in [-0.1, -0.05) is 6.08 Å². The molecule has 116 valence electrons. The van der Waals surface area contributed by atoms with Crippen LogP contribution < -0.4 is 21.4 Å². The summed E-state index contributed by atoms with van der Waals surface area (Å²) in [5, 5.41) is 5.25. The van der Waals surface area contributed by atoms with E-state index in [1.54, 1.807) is 0 Å². The van der Waals surface area contributed by atoms with Gasteiger partial charge in [-0.25, -0.2) is 0 Å². The van der Waals surface area contributed by atoms with E-state index in [2.05, 4.69) is 74.4 Å². The molecule has 3 nitrogen and oxygen atoms in total. The van der Waals surface area contributed by atoms with Gasteiger partial charge in [-0.05, 0) is 60.1 Å². The molecule has 1 atom stereocenters. The molecular weight excluding hydrogens is 306 g/mol. The molecule has 3 heteroatoms. The summed E-state index contributed by atoms with van der Waals surface area (Å²) >= 11 is 0. The van der Waals surface area contributed by atoms with Crippen LogP contribution in [-0.2, 0) is 5.79 Å². The Morgan fingerprint density at radius 2 is 1.48 bits per heavy atom. The van der Waals surface area contributed by atoms with Gasteiger partial charge in [0, 0.05) is 12.2 Å². The summed E-state index contributed by atoms with van der Waals surface area (Å²) in [6, 6.07) is 9.12. The SMILES string of the molecule is C1=C2C=c3ccc4n3C35C2=C(C=c2ccc(n23)=CC2=[N+]5C(=CC2)C=4)C1. The van der Waals surface area contributed by atoms with Crippen LogP contribution in [0.3, 0.4) is 0 Å². The molecule has 5 aliphatic heterocycles. The minimum absolute atomic E-state index is 0.287. The highest BCUT2D eigenvalue weighted by Gasteiger charge is 2.61. The third-order valence-corrected chi connectivity index (χ3v) is 6.61. The summed E-state index contributed by atoms with van der Waals surface area (Å²) in [4.78, 5) is 0. The van der Waals surface area contributed by atoms with Gasteiger partial charge in [-0.2, -0.15) is 0 Å². The molecule has 0 amide bonds. The zero-order valence-electron chi connectivity index (χ0n) is 13.5. The predicted molar refractivity (Wildman–Crippen MR) is 96.3 cm³/mol. The summed E-state index contributed by atoms with van der Waals surface area (Å²) < 4.78 is 7.70. The molecule has 2 aromatic rings. The van der Waals surface area contributed by atoms with Gasteiger partial charge in [0.1, 0.15) is 0 Å². The van der Waals surface area contributed by atoms with Crippen molar-refractivity contribution in [3.8, 4) is 0 Å². The van der Waals surface area contributed by atoms with Crippen LogP contribution in [0.4, 0.5) is 0 Å². The van der Waals surface area contributed by atoms with E-state index < -0.39 is 0 Å². The molecule has 0 radical (unpaired) electrons. The fraction of sp³-hybridized carbons (Fsp3) is 0.136. The number of hydrogen-bond acceptors (Lipinski definition) is 0. The van der Waals surface area contributed by atoms with Crippen LogP contribution >= 0.6 is 0 Å². The molecule has 0 fully saturated rings. The second kappa shape index (κ2) is 3.21. The zero-order valence-corrected chi connectivity index (χ0v) is 13.5. The Bertz CT molecular complexity index is 1370. The summed E-state index contributed by atoms with van der Waals surface area (Å²) in [6.45, 7) is 0. The van der Waals surface area contributed by atoms with E-state index in [1.807, 2.05) is 0 Å². The van der Waals surface area contributed by atoms with Crippen molar-refractivity contribution in [1.29, 1.82) is 0 Å². The van der Waals surface area contributed by atoms with Gasteiger partial charge in [0.25, 0.3) is 0 Å². The van der Waals surface area contributed by atoms with Crippen molar-refractivity contribution >= 4 is 30.0 Å². The van der Waals surface area contributed by atoms with Crippen molar-refractivity contribution in [1.82, 2.24) is 9.13 Å². The molecule has 0 N–H and O–H groups in total. The zero-order chi connectivity index (χ0) is 15.9. The lowest BCUT2D eigenvalue weighted by molar-refractivity contribution is -0.590. The highest BCUT2D eigenvalue weighted by molar-refractivity contribution is 6.09. The summed E-state index contributed by atoms with van der Waals surface area (Å²) in [7, 11) is 0. The summed E-state index contributed by atoms with van der Waals surface area (Å²) in [5.41, 5.74) is 7.12. The Labute approximate surface area is 143 Å². The Kier molecular flexibility index (Phi) is 1.47. The maximum atomic E-state index is 2.59. The number of rotatable bonds is 0. The van der Waals surface area contributed by atoms with Gasteiger partial charge in [0.15, 0.2) is 5.71 Å². The van der Waals surface area contributed by atoms with Crippen molar-refractivity contribution in [2.45, 2.75) is 18.6 Å². The first-order chi connectivity index (χ1) is 12.4. The lowest BCUT2D eigenvalue weighted by Crippen LogP contribution is -2.69. The predicted octanol–water partition coefficient (Wildman–Crippen LogP) is -0.00760. The van der Waals surface area contributed by atoms with Gasteiger partial charge in [-0.3, -0.25) is 9.13 Å². The first-order valence-electron chi connectivity index (χ1n) is 8.99. The molecule has 1 aliphatic carbocycles. The van der Waals surface area contributed by atoms with Crippen LogP contribution in [0.25, 0.3) is 24.3 Å². The van der Waals surface area contributed by atoms with Crippen molar-refractivity contribution in [3.63, 3.8) is 0 Å². The molecule has 0 bridgehead atoms. The average molecular weight is 320 g/mol. The third kappa shape index (κ3) is 0.948. The van der Waals surface area contributed by atoms with E-state index in [9.17, 15) is 0 Å². The topological polar surface area (TPSA) is 12.9 Å². The van der Waals surface area contributed by atoms with Gasteiger partial charge in [0.2, 0.25) is 5.70 Å². The Hall–Kier alpha value is -3.07. The van der Waals surface area contributed by atoms with Crippen molar-refractivity contribution < 1.29 is 4.58 Å². The molecular formula is C22H14N3+. The molecule has 1 unspecified atom stereocenters. The minimum atomic E-state index is -0.287. The Morgan fingerprint density at radius 1 is 0.760 bits per heavy atom. The molecule has 8 rings (SSSR count). The molecule has 1 spiro atoms. The average Bonchev–Trinajstić information content (AvgIpc) is 3.38. The van der Waals surface area contributed by atoms with E-state index in [0.29, 0.717) is 0 Å². The molecule has 0 saturated heterocycles. The molecule has 6 aliphatic rings. The minimum Gasteiger partial charge on any atom is -0.257 e. The van der Waals surface area contributed by atoms with E-state index in [4.69, 9.17) is 0 Å². The molecule has 0 saturated carbocycles. The highest BCUT2D eigenvalue weighted by atomic mass is 15.5. The molecule has 2 aromatic heterocycles. The van der Waals surface area contributed by atoms with E-state index in [1.165, 1.54) is 49.5 Å². The lowest BCUT2D eigenvalue weighted by atomic mass is 9.89. The monoisotopic (exact) mass is 320 g/mol. The fourth-order valence-corrected chi connectivity index (χ4v) is 5.87. The van der Waals surface area contributed by atoms with E-state index >= 15 is 0 Å². The largest absolute Gasteiger partial charge is 0.363 e. The van der Waals surface area contributed by atoms with Gasteiger partial charge >= 0.3 is 5.79 Å².